The van der Waals surface area contributed by atoms with Gasteiger partial charge in [-0.3, -0.25) is 0 Å². The van der Waals surface area contributed by atoms with E-state index < -0.39 is 0 Å². The molecule has 1 aromatic rings. The van der Waals surface area contributed by atoms with Gasteiger partial charge in [-0.25, -0.2) is 9.97 Å². The smallest absolute Gasteiger partial charge is 0.137 e. The van der Waals surface area contributed by atoms with E-state index in [1.54, 1.807) is 0 Å². The second-order valence-corrected chi connectivity index (χ2v) is 4.10. The number of aryl methyl sites for hydroxylation is 1. The van der Waals surface area contributed by atoms with Crippen molar-refractivity contribution in [1.29, 1.82) is 0 Å². The average Bonchev–Trinajstić information content (AvgIpc) is 2.66. The summed E-state index contributed by atoms with van der Waals surface area (Å²) in [5.74, 6) is 1.51. The maximum Gasteiger partial charge on any atom is 0.137 e. The van der Waals surface area contributed by atoms with Gasteiger partial charge in [0.25, 0.3) is 0 Å². The highest BCUT2D eigenvalue weighted by atomic mass is 35.5. The third-order valence-electron chi connectivity index (χ3n) is 2.47. The third-order valence-corrected chi connectivity index (χ3v) is 2.84. The fourth-order valence-electron chi connectivity index (χ4n) is 1.58. The highest BCUT2D eigenvalue weighted by Crippen LogP contribution is 2.21. The van der Waals surface area contributed by atoms with E-state index in [0.29, 0.717) is 17.0 Å². The minimum Gasteiger partial charge on any atom is -0.379 e. The standard InChI is InChI=1S/C10H14ClN3O/c1-6-9(11)12-7(2)13-10(6)14-8-3-4-15-5-8/h8H,3-5H2,1-2H3,(H,12,13,14). The first-order valence-electron chi connectivity index (χ1n) is 5.02. The zero-order chi connectivity index (χ0) is 10.8. The van der Waals surface area contributed by atoms with Gasteiger partial charge in [-0.2, -0.15) is 0 Å². The molecule has 1 atom stereocenters. The molecule has 5 heteroatoms. The molecule has 2 rings (SSSR count). The Morgan fingerprint density at radius 2 is 2.20 bits per heavy atom. The zero-order valence-electron chi connectivity index (χ0n) is 8.88. The predicted octanol–water partition coefficient (Wildman–Crippen LogP) is 1.95. The van der Waals surface area contributed by atoms with E-state index in [4.69, 9.17) is 16.3 Å². The van der Waals surface area contributed by atoms with Crippen LogP contribution in [-0.4, -0.2) is 29.2 Å². The van der Waals surface area contributed by atoms with Crippen molar-refractivity contribution < 1.29 is 4.74 Å². The first-order valence-corrected chi connectivity index (χ1v) is 5.39. The molecule has 1 N–H and O–H groups in total. The average molecular weight is 228 g/mol. The SMILES string of the molecule is Cc1nc(Cl)c(C)c(NC2CCOC2)n1. The van der Waals surface area contributed by atoms with E-state index in [-0.39, 0.29) is 0 Å². The molecule has 4 nitrogen and oxygen atoms in total. The number of nitrogens with zero attached hydrogens (tertiary/aromatic N) is 2. The molecule has 0 spiro atoms. The van der Waals surface area contributed by atoms with E-state index in [1.165, 1.54) is 0 Å². The highest BCUT2D eigenvalue weighted by molar-refractivity contribution is 6.30. The Morgan fingerprint density at radius 1 is 1.40 bits per heavy atom. The molecule has 82 valence electrons. The largest absolute Gasteiger partial charge is 0.379 e. The monoisotopic (exact) mass is 227 g/mol. The molecule has 0 bridgehead atoms. The van der Waals surface area contributed by atoms with Crippen molar-refractivity contribution in [3.05, 3.63) is 16.5 Å². The van der Waals surface area contributed by atoms with Crippen molar-refractivity contribution in [3.8, 4) is 0 Å². The summed E-state index contributed by atoms with van der Waals surface area (Å²) in [6.45, 7) is 5.30. The Bertz CT molecular complexity index is 364. The van der Waals surface area contributed by atoms with E-state index in [2.05, 4.69) is 15.3 Å². The summed E-state index contributed by atoms with van der Waals surface area (Å²) in [6.07, 6.45) is 1.01. The van der Waals surface area contributed by atoms with Crippen molar-refractivity contribution in [3.63, 3.8) is 0 Å². The Labute approximate surface area is 94.0 Å². The normalized spacial score (nSPS) is 20.6. The number of aromatic nitrogens is 2. The minimum atomic E-state index is 0.342. The van der Waals surface area contributed by atoms with Crippen LogP contribution in [0.4, 0.5) is 5.82 Å². The number of nitrogens with one attached hydrogen (secondary N) is 1. The molecule has 1 saturated heterocycles. The van der Waals surface area contributed by atoms with Crippen LogP contribution in [0.5, 0.6) is 0 Å². The Balaban J connectivity index is 2.19. The molecule has 0 aromatic carbocycles. The van der Waals surface area contributed by atoms with Gasteiger partial charge in [-0.1, -0.05) is 11.6 Å². The van der Waals surface area contributed by atoms with E-state index in [0.717, 1.165) is 31.0 Å². The van der Waals surface area contributed by atoms with Gasteiger partial charge in [0.15, 0.2) is 0 Å². The molecule has 0 amide bonds. The van der Waals surface area contributed by atoms with Crippen LogP contribution in [0.2, 0.25) is 5.15 Å². The Hall–Kier alpha value is -0.870. The number of anilines is 1. The van der Waals surface area contributed by atoms with Crippen LogP contribution in [0.3, 0.4) is 0 Å². The third kappa shape index (κ3) is 2.38. The summed E-state index contributed by atoms with van der Waals surface area (Å²) < 4.78 is 5.29. The fraction of sp³-hybridized carbons (Fsp3) is 0.600. The van der Waals surface area contributed by atoms with Gasteiger partial charge in [0.1, 0.15) is 16.8 Å². The number of halogens is 1. The first kappa shape index (κ1) is 10.6. The van der Waals surface area contributed by atoms with Gasteiger partial charge in [-0.05, 0) is 20.3 Å². The van der Waals surface area contributed by atoms with Crippen LogP contribution < -0.4 is 5.32 Å². The van der Waals surface area contributed by atoms with Gasteiger partial charge >= 0.3 is 0 Å². The molecule has 15 heavy (non-hydrogen) atoms. The molecule has 1 unspecified atom stereocenters. The summed E-state index contributed by atoms with van der Waals surface area (Å²) in [4.78, 5) is 8.43. The van der Waals surface area contributed by atoms with Gasteiger partial charge in [-0.15, -0.1) is 0 Å². The van der Waals surface area contributed by atoms with Crippen LogP contribution in [0.1, 0.15) is 17.8 Å². The summed E-state index contributed by atoms with van der Waals surface area (Å²) >= 11 is 5.98. The highest BCUT2D eigenvalue weighted by Gasteiger charge is 2.17. The summed E-state index contributed by atoms with van der Waals surface area (Å²) in [5.41, 5.74) is 0.897. The second kappa shape index (κ2) is 4.33. The molecule has 1 fully saturated rings. The predicted molar refractivity (Wildman–Crippen MR) is 59.4 cm³/mol. The summed E-state index contributed by atoms with van der Waals surface area (Å²) in [7, 11) is 0. The lowest BCUT2D eigenvalue weighted by Gasteiger charge is -2.14. The van der Waals surface area contributed by atoms with E-state index >= 15 is 0 Å². The lowest BCUT2D eigenvalue weighted by Crippen LogP contribution is -2.21. The number of hydrogen-bond acceptors (Lipinski definition) is 4. The van der Waals surface area contributed by atoms with Crippen LogP contribution >= 0.6 is 11.6 Å². The molecule has 1 aliphatic rings. The Kier molecular flexibility index (Phi) is 3.07. The lowest BCUT2D eigenvalue weighted by atomic mass is 10.2. The molecular formula is C10H14ClN3O. The number of ether oxygens (including phenoxy) is 1. The van der Waals surface area contributed by atoms with Crippen molar-refractivity contribution in [1.82, 2.24) is 9.97 Å². The maximum absolute atomic E-state index is 5.98. The van der Waals surface area contributed by atoms with Gasteiger partial charge in [0, 0.05) is 12.2 Å². The lowest BCUT2D eigenvalue weighted by molar-refractivity contribution is 0.195. The second-order valence-electron chi connectivity index (χ2n) is 3.74. The topological polar surface area (TPSA) is 47.0 Å². The maximum atomic E-state index is 5.98. The molecular weight excluding hydrogens is 214 g/mol. The van der Waals surface area contributed by atoms with E-state index in [9.17, 15) is 0 Å². The Morgan fingerprint density at radius 3 is 2.87 bits per heavy atom. The van der Waals surface area contributed by atoms with Gasteiger partial charge in [0.2, 0.25) is 0 Å². The van der Waals surface area contributed by atoms with Crippen molar-refractivity contribution >= 4 is 17.4 Å². The number of rotatable bonds is 2. The molecule has 0 aliphatic carbocycles. The first-order chi connectivity index (χ1) is 7.16. The zero-order valence-corrected chi connectivity index (χ0v) is 9.64. The summed E-state index contributed by atoms with van der Waals surface area (Å²) in [6, 6.07) is 0.342. The molecule has 1 aromatic heterocycles. The van der Waals surface area contributed by atoms with Crippen molar-refractivity contribution in [2.45, 2.75) is 26.3 Å². The van der Waals surface area contributed by atoms with Crippen molar-refractivity contribution in [2.75, 3.05) is 18.5 Å². The van der Waals surface area contributed by atoms with Crippen LogP contribution in [0, 0.1) is 13.8 Å². The van der Waals surface area contributed by atoms with Crippen LogP contribution in [-0.2, 0) is 4.74 Å². The molecule has 2 heterocycles. The van der Waals surface area contributed by atoms with Gasteiger partial charge < -0.3 is 10.1 Å². The van der Waals surface area contributed by atoms with Crippen LogP contribution in [0.15, 0.2) is 0 Å². The van der Waals surface area contributed by atoms with Crippen molar-refractivity contribution in [2.24, 2.45) is 0 Å². The van der Waals surface area contributed by atoms with Crippen LogP contribution in [0.25, 0.3) is 0 Å². The molecule has 0 saturated carbocycles. The summed E-state index contributed by atoms with van der Waals surface area (Å²) in [5, 5.41) is 3.85. The van der Waals surface area contributed by atoms with Gasteiger partial charge in [0.05, 0.1) is 12.6 Å². The molecule has 0 radical (unpaired) electrons. The quantitative estimate of drug-likeness (QED) is 0.785. The minimum absolute atomic E-state index is 0.342. The molecule has 1 aliphatic heterocycles. The number of hydrogen-bond donors (Lipinski definition) is 1. The fourth-order valence-corrected chi connectivity index (χ4v) is 1.79. The van der Waals surface area contributed by atoms with E-state index in [1.807, 2.05) is 13.8 Å².